The van der Waals surface area contributed by atoms with Gasteiger partial charge in [0.1, 0.15) is 5.58 Å². The number of benzene rings is 4. The van der Waals surface area contributed by atoms with Gasteiger partial charge in [0.2, 0.25) is 0 Å². The van der Waals surface area contributed by atoms with Crippen molar-refractivity contribution < 1.29 is 42.6 Å². The summed E-state index contributed by atoms with van der Waals surface area (Å²) >= 11 is 0. The van der Waals surface area contributed by atoms with Crippen molar-refractivity contribution in [3.8, 4) is 28.6 Å². The zero-order valence-corrected chi connectivity index (χ0v) is 32.5. The van der Waals surface area contributed by atoms with Gasteiger partial charge in [-0.15, -0.1) is 53.6 Å². The quantitative estimate of drug-likeness (QED) is 0.165. The van der Waals surface area contributed by atoms with E-state index in [2.05, 4.69) is 28.2 Å². The Labute approximate surface area is 339 Å². The van der Waals surface area contributed by atoms with E-state index in [-0.39, 0.29) is 36.8 Å². The Kier molecular flexibility index (Phi) is 7.41. The van der Waals surface area contributed by atoms with Crippen molar-refractivity contribution in [1.82, 2.24) is 9.97 Å². The molecule has 0 amide bonds. The topological polar surface area (TPSA) is 75.8 Å². The van der Waals surface area contributed by atoms with Gasteiger partial charge < -0.3 is 18.8 Å². The molecular formula is C47H43IrN3O2-2. The van der Waals surface area contributed by atoms with Crippen molar-refractivity contribution >= 4 is 43.9 Å². The SMILES string of the molecule is [2H]C([2H])([2H])c1c[c-]c(-c2ccc(C([2H])([2H])C(C)(C)C)cn2)cc1.[2H]C([2H])([2H])c1cnc(-c2[c-]ccc3c2oc2c3ccc3c4ccc(C#N)cc4oc32)cc1C([2H])([2H])C(C)(C)C.[Ir]. The minimum atomic E-state index is -2.53. The molecule has 4 aromatic heterocycles. The third kappa shape index (κ3) is 8.13. The first-order valence-corrected chi connectivity index (χ1v) is 16.9. The van der Waals surface area contributed by atoms with Crippen LogP contribution >= 0.6 is 0 Å². The van der Waals surface area contributed by atoms with Crippen LogP contribution in [0.25, 0.3) is 66.4 Å². The summed E-state index contributed by atoms with van der Waals surface area (Å²) in [4.78, 5) is 8.74. The second kappa shape index (κ2) is 14.7. The second-order valence-corrected chi connectivity index (χ2v) is 14.7. The monoisotopic (exact) mass is 884 g/mol. The molecule has 0 aliphatic heterocycles. The molecule has 0 unspecified atom stereocenters. The molecule has 6 heteroatoms. The third-order valence-corrected chi connectivity index (χ3v) is 8.21. The van der Waals surface area contributed by atoms with Crippen molar-refractivity contribution in [2.45, 2.75) is 68.0 Å². The van der Waals surface area contributed by atoms with Gasteiger partial charge in [-0.05, 0) is 77.2 Å². The van der Waals surface area contributed by atoms with Crippen molar-refractivity contribution in [3.63, 3.8) is 0 Å². The van der Waals surface area contributed by atoms with E-state index in [9.17, 15) is 5.26 Å². The fraction of sp³-hybridized carbons (Fsp3) is 0.255. The number of furan rings is 2. The number of hydrogen-bond acceptors (Lipinski definition) is 5. The van der Waals surface area contributed by atoms with Crippen molar-refractivity contribution in [3.05, 3.63) is 131 Å². The number of fused-ring (bicyclic) bond motifs is 7. The summed E-state index contributed by atoms with van der Waals surface area (Å²) in [5.74, 6) is 0. The Morgan fingerprint density at radius 1 is 0.736 bits per heavy atom. The third-order valence-electron chi connectivity index (χ3n) is 8.21. The number of rotatable bonds is 4. The molecule has 0 spiro atoms. The van der Waals surface area contributed by atoms with E-state index in [1.165, 1.54) is 24.5 Å². The zero-order valence-electron chi connectivity index (χ0n) is 40.2. The molecule has 269 valence electrons. The van der Waals surface area contributed by atoms with E-state index in [1.807, 2.05) is 45.0 Å². The standard InChI is InChI=1S/C30H23N2O2.C17H20N.Ir/c1-17-16-32-25(13-19(17)14-30(2,3)4)24-7-5-6-21-23-11-10-22-20-9-8-18(15-31)12-26(20)33-28(22)29(23)34-27(21)24;1-13-5-8-15(9-6-13)16-10-7-14(12-18-16)11-17(2,3)4;/h5-6,8-13,16H,14H2,1-4H3;5-8,10,12H,11H2,1-4H3;/q2*-1;/i1D3,14D2;1D3,11D2;. The van der Waals surface area contributed by atoms with Gasteiger partial charge >= 0.3 is 0 Å². The summed E-state index contributed by atoms with van der Waals surface area (Å²) in [5, 5.41) is 12.6. The minimum absolute atomic E-state index is 0. The van der Waals surface area contributed by atoms with Crippen LogP contribution < -0.4 is 0 Å². The summed E-state index contributed by atoms with van der Waals surface area (Å²) in [6.45, 7) is 6.08. The van der Waals surface area contributed by atoms with Crippen LogP contribution in [-0.4, -0.2) is 9.97 Å². The van der Waals surface area contributed by atoms with Crippen LogP contribution in [0.3, 0.4) is 0 Å². The van der Waals surface area contributed by atoms with E-state index >= 15 is 0 Å². The summed E-state index contributed by atoms with van der Waals surface area (Å²) in [5.41, 5.74) is 4.09. The molecule has 0 saturated heterocycles. The molecule has 1 radical (unpaired) electrons. The Morgan fingerprint density at radius 2 is 1.45 bits per heavy atom. The molecule has 0 atom stereocenters. The van der Waals surface area contributed by atoms with Gasteiger partial charge in [-0.2, -0.15) is 5.26 Å². The molecule has 0 saturated carbocycles. The van der Waals surface area contributed by atoms with Gasteiger partial charge in [0, 0.05) is 62.4 Å². The number of nitrogens with zero attached hydrogens (tertiary/aromatic N) is 3. The molecule has 0 aliphatic rings. The maximum Gasteiger partial charge on any atom is 0.177 e. The van der Waals surface area contributed by atoms with E-state index < -0.39 is 37.3 Å². The molecule has 0 aliphatic carbocycles. The zero-order chi connectivity index (χ0) is 45.4. The molecule has 4 heterocycles. The van der Waals surface area contributed by atoms with E-state index in [0.29, 0.717) is 56.0 Å². The molecule has 53 heavy (non-hydrogen) atoms. The maximum atomic E-state index is 9.28. The molecule has 8 aromatic rings. The smallest absolute Gasteiger partial charge is 0.177 e. The average molecular weight is 884 g/mol. The van der Waals surface area contributed by atoms with Crippen LogP contribution in [-0.2, 0) is 32.9 Å². The number of pyridine rings is 2. The molecule has 0 N–H and O–H groups in total. The van der Waals surface area contributed by atoms with Gasteiger partial charge in [-0.25, -0.2) is 0 Å². The Bertz CT molecular complexity index is 3020. The predicted octanol–water partition coefficient (Wildman–Crippen LogP) is 12.6. The first-order chi connectivity index (χ1) is 28.7. The summed E-state index contributed by atoms with van der Waals surface area (Å²) < 4.78 is 92.8. The summed E-state index contributed by atoms with van der Waals surface area (Å²) in [6, 6.07) is 30.7. The molecule has 8 rings (SSSR count). The average Bonchev–Trinajstić information content (AvgIpc) is 3.78. The van der Waals surface area contributed by atoms with Crippen molar-refractivity contribution in [1.29, 1.82) is 5.26 Å². The Balaban J connectivity index is 0.000000236. The van der Waals surface area contributed by atoms with Gasteiger partial charge in [0.05, 0.1) is 17.2 Å². The molecule has 5 nitrogen and oxygen atoms in total. The van der Waals surface area contributed by atoms with E-state index in [0.717, 1.165) is 21.5 Å². The van der Waals surface area contributed by atoms with Crippen molar-refractivity contribution in [2.75, 3.05) is 0 Å². The van der Waals surface area contributed by atoms with Gasteiger partial charge in [-0.1, -0.05) is 89.2 Å². The predicted molar refractivity (Wildman–Crippen MR) is 212 cm³/mol. The van der Waals surface area contributed by atoms with Crippen LogP contribution in [0.15, 0.2) is 100 Å². The van der Waals surface area contributed by atoms with Crippen LogP contribution in [0.4, 0.5) is 0 Å². The van der Waals surface area contributed by atoms with Crippen LogP contribution in [0.2, 0.25) is 0 Å². The maximum absolute atomic E-state index is 9.28. The van der Waals surface area contributed by atoms with Crippen LogP contribution in [0, 0.1) is 48.0 Å². The number of aromatic nitrogens is 2. The van der Waals surface area contributed by atoms with Gasteiger partial charge in [0.25, 0.3) is 0 Å². The Morgan fingerprint density at radius 3 is 2.11 bits per heavy atom. The van der Waals surface area contributed by atoms with Crippen molar-refractivity contribution in [2.24, 2.45) is 10.8 Å². The summed E-state index contributed by atoms with van der Waals surface area (Å²) in [6.07, 6.45) is -0.681. The fourth-order valence-corrected chi connectivity index (χ4v) is 6.04. The second-order valence-electron chi connectivity index (χ2n) is 14.7. The molecule has 0 fully saturated rings. The first-order valence-electron chi connectivity index (χ1n) is 21.9. The van der Waals surface area contributed by atoms with Gasteiger partial charge in [0.15, 0.2) is 11.2 Å². The first kappa shape index (κ1) is 26.6. The molecular weight excluding hydrogens is 831 g/mol. The van der Waals surface area contributed by atoms with E-state index in [1.54, 1.807) is 63.2 Å². The number of hydrogen-bond donors (Lipinski definition) is 0. The number of aryl methyl sites for hydroxylation is 2. The van der Waals surface area contributed by atoms with Crippen LogP contribution in [0.1, 0.15) is 83.1 Å². The van der Waals surface area contributed by atoms with E-state index in [4.69, 9.17) is 22.5 Å². The normalized spacial score (nSPS) is 15.6. The molecule has 0 bridgehead atoms. The number of nitriles is 1. The largest absolute Gasteiger partial charge is 0.497 e. The molecule has 4 aromatic carbocycles. The van der Waals surface area contributed by atoms with Gasteiger partial charge in [-0.3, -0.25) is 0 Å². The van der Waals surface area contributed by atoms with Crippen LogP contribution in [0.5, 0.6) is 0 Å². The Hall–Kier alpha value is -5.08. The fourth-order valence-electron chi connectivity index (χ4n) is 6.04. The minimum Gasteiger partial charge on any atom is -0.497 e. The summed E-state index contributed by atoms with van der Waals surface area (Å²) in [7, 11) is 0.